The summed E-state index contributed by atoms with van der Waals surface area (Å²) in [7, 11) is 0. The van der Waals surface area contributed by atoms with E-state index in [1.54, 1.807) is 0 Å². The molecule has 16 heteroatoms. The van der Waals surface area contributed by atoms with Gasteiger partial charge in [-0.1, -0.05) is 49.3 Å². The Hall–Kier alpha value is -0.320. The highest BCUT2D eigenvalue weighted by Gasteiger charge is 2.93. The van der Waals surface area contributed by atoms with Crippen molar-refractivity contribution >= 4 is 22.6 Å². The summed E-state index contributed by atoms with van der Waals surface area (Å²) >= 11 is 1.12. The van der Waals surface area contributed by atoms with Gasteiger partial charge in [-0.05, 0) is 12.8 Å². The van der Waals surface area contributed by atoms with Crippen molar-refractivity contribution in [2.24, 2.45) is 5.92 Å². The largest absolute Gasteiger partial charge is 0.460 e. The number of hydrogen-bond acceptors (Lipinski definition) is 0. The van der Waals surface area contributed by atoms with Crippen molar-refractivity contribution in [1.82, 2.24) is 0 Å². The molecule has 0 heterocycles. The first-order valence-corrected chi connectivity index (χ1v) is 9.65. The van der Waals surface area contributed by atoms with E-state index >= 15 is 0 Å². The molecule has 188 valence electrons. The summed E-state index contributed by atoms with van der Waals surface area (Å²) < 4.78 is 198. The molecule has 0 bridgehead atoms. The van der Waals surface area contributed by atoms with E-state index in [2.05, 4.69) is 0 Å². The average molecular weight is 608 g/mol. The highest BCUT2D eigenvalue weighted by molar-refractivity contribution is 14.1. The van der Waals surface area contributed by atoms with E-state index < -0.39 is 58.0 Å². The fraction of sp³-hybridized carbons (Fsp3) is 1.00. The Labute approximate surface area is 180 Å². The van der Waals surface area contributed by atoms with Gasteiger partial charge in [0.2, 0.25) is 0 Å². The van der Waals surface area contributed by atoms with Crippen LogP contribution in [0.25, 0.3) is 0 Å². The third-order valence-corrected chi connectivity index (χ3v) is 6.02. The van der Waals surface area contributed by atoms with Crippen LogP contribution in [0.5, 0.6) is 0 Å². The zero-order valence-electron chi connectivity index (χ0n) is 15.5. The fourth-order valence-electron chi connectivity index (χ4n) is 2.55. The average Bonchev–Trinajstić information content (AvgIpc) is 2.58. The summed E-state index contributed by atoms with van der Waals surface area (Å²) in [5.41, 5.74) is 0. The van der Waals surface area contributed by atoms with Gasteiger partial charge in [0.15, 0.2) is 0 Å². The van der Waals surface area contributed by atoms with Crippen LogP contribution in [0.1, 0.15) is 39.5 Å². The molecule has 0 fully saturated rings. The van der Waals surface area contributed by atoms with Gasteiger partial charge in [-0.15, -0.1) is 0 Å². The molecule has 0 aliphatic heterocycles. The number of unbranched alkanes of at least 4 members (excludes halogenated alkanes) is 1. The maximum absolute atomic E-state index is 14.3. The minimum absolute atomic E-state index is 0.0915. The second kappa shape index (κ2) is 9.14. The van der Waals surface area contributed by atoms with Crippen molar-refractivity contribution in [2.45, 2.75) is 85.2 Å². The van der Waals surface area contributed by atoms with Gasteiger partial charge in [0.05, 0.1) is 0 Å². The van der Waals surface area contributed by atoms with E-state index in [0.29, 0.717) is 6.42 Å². The molecule has 0 aliphatic rings. The lowest BCUT2D eigenvalue weighted by Gasteiger charge is -2.43. The van der Waals surface area contributed by atoms with Crippen LogP contribution in [0, 0.1) is 5.92 Å². The predicted octanol–water partition coefficient (Wildman–Crippen LogP) is 8.38. The second-order valence-electron chi connectivity index (χ2n) is 6.67. The molecule has 31 heavy (non-hydrogen) atoms. The molecule has 0 amide bonds. The highest BCUT2D eigenvalue weighted by Crippen LogP contribution is 2.63. The fourth-order valence-corrected chi connectivity index (χ4v) is 3.95. The van der Waals surface area contributed by atoms with Gasteiger partial charge in [-0.25, -0.2) is 0 Å². The lowest BCUT2D eigenvalue weighted by Crippen LogP contribution is -2.73. The molecule has 0 aromatic carbocycles. The molecule has 2 unspecified atom stereocenters. The minimum atomic E-state index is -8.23. The van der Waals surface area contributed by atoms with Gasteiger partial charge in [-0.2, -0.15) is 65.9 Å². The van der Waals surface area contributed by atoms with Crippen LogP contribution in [0.3, 0.4) is 0 Å². The van der Waals surface area contributed by atoms with Gasteiger partial charge in [0, 0.05) is 9.84 Å². The number of hydrogen-bond donors (Lipinski definition) is 0. The second-order valence-corrected chi connectivity index (χ2v) is 8.27. The van der Waals surface area contributed by atoms with Crippen LogP contribution < -0.4 is 0 Å². The third-order valence-electron chi connectivity index (χ3n) is 4.53. The lowest BCUT2D eigenvalue weighted by molar-refractivity contribution is -0.454. The molecule has 0 nitrogen and oxygen atoms in total. The van der Waals surface area contributed by atoms with Crippen molar-refractivity contribution < 1.29 is 65.9 Å². The van der Waals surface area contributed by atoms with Crippen LogP contribution >= 0.6 is 22.6 Å². The topological polar surface area (TPSA) is 0 Å². The molecule has 0 saturated carbocycles. The molecular weight excluding hydrogens is 592 g/mol. The Bertz CT molecular complexity index is 596. The van der Waals surface area contributed by atoms with Gasteiger partial charge >= 0.3 is 41.7 Å². The van der Waals surface area contributed by atoms with Crippen LogP contribution in [0.15, 0.2) is 0 Å². The van der Waals surface area contributed by atoms with Crippen LogP contribution in [0.2, 0.25) is 0 Å². The lowest BCUT2D eigenvalue weighted by atomic mass is 9.83. The first-order chi connectivity index (χ1) is 13.4. The Kier molecular flexibility index (Phi) is 9.05. The number of rotatable bonds is 11. The van der Waals surface area contributed by atoms with Crippen molar-refractivity contribution in [3.63, 3.8) is 0 Å². The van der Waals surface area contributed by atoms with Crippen molar-refractivity contribution in [3.05, 3.63) is 0 Å². The van der Waals surface area contributed by atoms with Crippen LogP contribution in [-0.4, -0.2) is 45.6 Å². The van der Waals surface area contributed by atoms with Crippen molar-refractivity contribution in [1.29, 1.82) is 0 Å². The monoisotopic (exact) mass is 608 g/mol. The summed E-state index contributed by atoms with van der Waals surface area (Å²) in [5.74, 6) is -48.8. The molecule has 0 aliphatic carbocycles. The van der Waals surface area contributed by atoms with E-state index in [1.165, 1.54) is 6.92 Å². The molecule has 2 atom stereocenters. The Balaban J connectivity index is 6.54. The summed E-state index contributed by atoms with van der Waals surface area (Å²) in [4.78, 5) is 0. The molecule has 0 spiro atoms. The van der Waals surface area contributed by atoms with Crippen molar-refractivity contribution in [3.8, 4) is 0 Å². The zero-order chi connectivity index (χ0) is 25.5. The predicted molar refractivity (Wildman–Crippen MR) is 86.9 cm³/mol. The molecule has 0 N–H and O–H groups in total. The molecule has 0 aromatic heterocycles. The van der Waals surface area contributed by atoms with Gasteiger partial charge < -0.3 is 0 Å². The Morgan fingerprint density at radius 3 is 1.26 bits per heavy atom. The van der Waals surface area contributed by atoms with E-state index in [4.69, 9.17) is 0 Å². The van der Waals surface area contributed by atoms with Gasteiger partial charge in [0.25, 0.3) is 0 Å². The SMILES string of the molecule is CCCCC(I)C(CC)C(F)(F)C(F)(F)C(F)(F)C(F)(F)C(F)(F)C(F)(F)C(F)(F)F. The standard InChI is InChI=1S/C15H16F15I/c1-3-5-6-8(31)7(4-2)9(16,17)10(18,19)11(20,21)12(22,23)13(24,25)14(26,27)15(28,29)30/h7-8H,3-6H2,1-2H3. The van der Waals surface area contributed by atoms with Crippen LogP contribution in [-0.2, 0) is 0 Å². The number of halogens is 16. The first-order valence-electron chi connectivity index (χ1n) is 8.41. The summed E-state index contributed by atoms with van der Waals surface area (Å²) in [5, 5.41) is 0. The molecule has 0 radical (unpaired) electrons. The van der Waals surface area contributed by atoms with Crippen LogP contribution in [0.4, 0.5) is 65.9 Å². The quantitative estimate of drug-likeness (QED) is 0.126. The maximum Gasteiger partial charge on any atom is 0.460 e. The van der Waals surface area contributed by atoms with E-state index in [0.717, 1.165) is 29.5 Å². The molecule has 0 saturated heterocycles. The van der Waals surface area contributed by atoms with E-state index in [1.807, 2.05) is 0 Å². The molecule has 0 rings (SSSR count). The summed E-state index contributed by atoms with van der Waals surface area (Å²) in [6, 6.07) is 0. The Morgan fingerprint density at radius 1 is 0.581 bits per heavy atom. The van der Waals surface area contributed by atoms with Crippen molar-refractivity contribution in [2.75, 3.05) is 0 Å². The zero-order valence-corrected chi connectivity index (χ0v) is 17.7. The van der Waals surface area contributed by atoms with Gasteiger partial charge in [0.1, 0.15) is 0 Å². The molecular formula is C15H16F15I. The van der Waals surface area contributed by atoms with Gasteiger partial charge in [-0.3, -0.25) is 0 Å². The molecule has 0 aromatic rings. The Morgan fingerprint density at radius 2 is 0.935 bits per heavy atom. The number of alkyl halides is 16. The normalized spacial score (nSPS) is 17.6. The summed E-state index contributed by atoms with van der Waals surface area (Å²) in [6.45, 7) is 2.28. The van der Waals surface area contributed by atoms with E-state index in [9.17, 15) is 65.9 Å². The van der Waals surface area contributed by atoms with E-state index in [-0.39, 0.29) is 12.8 Å². The third kappa shape index (κ3) is 4.68. The highest BCUT2D eigenvalue weighted by atomic mass is 127. The smallest absolute Gasteiger partial charge is 0.199 e. The first kappa shape index (κ1) is 30.7. The minimum Gasteiger partial charge on any atom is -0.199 e. The summed E-state index contributed by atoms with van der Waals surface area (Å²) in [6.07, 6.45) is -8.56. The maximum atomic E-state index is 14.3.